The van der Waals surface area contributed by atoms with Crippen LogP contribution in [0.5, 0.6) is 0 Å². The number of aryl methyl sites for hydroxylation is 3. The van der Waals surface area contributed by atoms with Crippen LogP contribution in [-0.4, -0.2) is 0 Å². The van der Waals surface area contributed by atoms with Gasteiger partial charge >= 0.3 is 0 Å². The zero-order valence-corrected chi connectivity index (χ0v) is 11.7. The lowest BCUT2D eigenvalue weighted by Gasteiger charge is -2.17. The zero-order valence-electron chi connectivity index (χ0n) is 11.7. The third-order valence-electron chi connectivity index (χ3n) is 3.57. The van der Waals surface area contributed by atoms with Crippen molar-refractivity contribution in [2.45, 2.75) is 33.2 Å². The van der Waals surface area contributed by atoms with E-state index in [9.17, 15) is 4.39 Å². The van der Waals surface area contributed by atoms with Gasteiger partial charge in [0, 0.05) is 11.6 Å². The largest absolute Gasteiger partial charge is 0.324 e. The van der Waals surface area contributed by atoms with Crippen LogP contribution in [0.25, 0.3) is 0 Å². The highest BCUT2D eigenvalue weighted by molar-refractivity contribution is 5.39. The Labute approximate surface area is 114 Å². The first-order valence-corrected chi connectivity index (χ1v) is 6.55. The van der Waals surface area contributed by atoms with Gasteiger partial charge in [-0.1, -0.05) is 35.9 Å². The number of rotatable bonds is 3. The number of hydrogen-bond donors (Lipinski definition) is 1. The van der Waals surface area contributed by atoms with Gasteiger partial charge in [-0.15, -0.1) is 0 Å². The monoisotopic (exact) mass is 257 g/mol. The van der Waals surface area contributed by atoms with Crippen LogP contribution < -0.4 is 5.73 Å². The fourth-order valence-corrected chi connectivity index (χ4v) is 2.64. The standard InChI is InChI=1S/C17H20FN/c1-11-8-12(2)15(13(3)9-11)10-17(19)14-6-4-5-7-16(14)18/h4-9,17H,10,19H2,1-3H3. The Hall–Kier alpha value is -1.67. The third-order valence-corrected chi connectivity index (χ3v) is 3.57. The van der Waals surface area contributed by atoms with Crippen molar-refractivity contribution in [2.75, 3.05) is 0 Å². The fraction of sp³-hybridized carbons (Fsp3) is 0.294. The summed E-state index contributed by atoms with van der Waals surface area (Å²) >= 11 is 0. The summed E-state index contributed by atoms with van der Waals surface area (Å²) in [6.07, 6.45) is 0.666. The minimum Gasteiger partial charge on any atom is -0.324 e. The van der Waals surface area contributed by atoms with E-state index in [-0.39, 0.29) is 11.9 Å². The Morgan fingerprint density at radius 3 is 2.21 bits per heavy atom. The van der Waals surface area contributed by atoms with Crippen molar-refractivity contribution in [3.63, 3.8) is 0 Å². The molecule has 2 rings (SSSR count). The summed E-state index contributed by atoms with van der Waals surface area (Å²) in [7, 11) is 0. The highest BCUT2D eigenvalue weighted by Gasteiger charge is 2.14. The average Bonchev–Trinajstić information content (AvgIpc) is 2.34. The van der Waals surface area contributed by atoms with E-state index in [0.29, 0.717) is 12.0 Å². The predicted molar refractivity (Wildman–Crippen MR) is 77.7 cm³/mol. The van der Waals surface area contributed by atoms with Gasteiger partial charge in [-0.2, -0.15) is 0 Å². The molecule has 2 N–H and O–H groups in total. The smallest absolute Gasteiger partial charge is 0.127 e. The second kappa shape index (κ2) is 5.54. The van der Waals surface area contributed by atoms with Crippen LogP contribution in [0.3, 0.4) is 0 Å². The number of nitrogens with two attached hydrogens (primary N) is 1. The fourth-order valence-electron chi connectivity index (χ4n) is 2.64. The van der Waals surface area contributed by atoms with Gasteiger partial charge in [0.1, 0.15) is 5.82 Å². The summed E-state index contributed by atoms with van der Waals surface area (Å²) in [5.74, 6) is -0.225. The number of benzene rings is 2. The van der Waals surface area contributed by atoms with E-state index in [1.54, 1.807) is 12.1 Å². The summed E-state index contributed by atoms with van der Waals surface area (Å²) in [5.41, 5.74) is 11.7. The maximum absolute atomic E-state index is 13.7. The lowest BCUT2D eigenvalue weighted by Crippen LogP contribution is -2.16. The van der Waals surface area contributed by atoms with Gasteiger partial charge in [0.15, 0.2) is 0 Å². The Bertz CT molecular complexity index is 567. The highest BCUT2D eigenvalue weighted by Crippen LogP contribution is 2.24. The highest BCUT2D eigenvalue weighted by atomic mass is 19.1. The molecule has 100 valence electrons. The first-order valence-electron chi connectivity index (χ1n) is 6.55. The van der Waals surface area contributed by atoms with E-state index < -0.39 is 0 Å². The van der Waals surface area contributed by atoms with Crippen molar-refractivity contribution in [2.24, 2.45) is 5.73 Å². The molecule has 0 aliphatic rings. The molecule has 0 amide bonds. The van der Waals surface area contributed by atoms with Crippen molar-refractivity contribution in [3.8, 4) is 0 Å². The summed E-state index contributed by atoms with van der Waals surface area (Å²) in [6.45, 7) is 6.26. The van der Waals surface area contributed by atoms with Crippen LogP contribution in [0.1, 0.15) is 33.9 Å². The molecule has 0 heterocycles. The lowest BCUT2D eigenvalue weighted by atomic mass is 9.92. The molecule has 0 aliphatic carbocycles. The zero-order chi connectivity index (χ0) is 14.0. The molecule has 19 heavy (non-hydrogen) atoms. The Kier molecular flexibility index (Phi) is 4.01. The number of hydrogen-bond acceptors (Lipinski definition) is 1. The van der Waals surface area contributed by atoms with Crippen LogP contribution in [0, 0.1) is 26.6 Å². The minimum absolute atomic E-state index is 0.225. The molecule has 0 fully saturated rings. The van der Waals surface area contributed by atoms with Crippen molar-refractivity contribution in [1.29, 1.82) is 0 Å². The average molecular weight is 257 g/mol. The normalized spacial score (nSPS) is 12.5. The Balaban J connectivity index is 2.29. The topological polar surface area (TPSA) is 26.0 Å². The van der Waals surface area contributed by atoms with E-state index in [1.165, 1.54) is 28.3 Å². The maximum Gasteiger partial charge on any atom is 0.127 e. The molecule has 0 spiro atoms. The molecule has 1 atom stereocenters. The Morgan fingerprint density at radius 2 is 1.63 bits per heavy atom. The molecule has 0 saturated carbocycles. The van der Waals surface area contributed by atoms with Crippen LogP contribution in [0.4, 0.5) is 4.39 Å². The van der Waals surface area contributed by atoms with Gasteiger partial charge in [-0.05, 0) is 49.9 Å². The predicted octanol–water partition coefficient (Wildman–Crippen LogP) is 3.99. The van der Waals surface area contributed by atoms with Crippen LogP contribution in [-0.2, 0) is 6.42 Å². The molecule has 2 aromatic rings. The quantitative estimate of drug-likeness (QED) is 0.884. The van der Waals surface area contributed by atoms with Crippen molar-refractivity contribution >= 4 is 0 Å². The molecule has 1 nitrogen and oxygen atoms in total. The minimum atomic E-state index is -0.304. The van der Waals surface area contributed by atoms with E-state index in [2.05, 4.69) is 32.9 Å². The van der Waals surface area contributed by atoms with Crippen LogP contribution >= 0.6 is 0 Å². The molecular formula is C17H20FN. The molecule has 1 unspecified atom stereocenters. The molecule has 0 saturated heterocycles. The van der Waals surface area contributed by atoms with Gasteiger partial charge in [-0.3, -0.25) is 0 Å². The van der Waals surface area contributed by atoms with Crippen LogP contribution in [0.2, 0.25) is 0 Å². The van der Waals surface area contributed by atoms with Gasteiger partial charge in [-0.25, -0.2) is 4.39 Å². The van der Waals surface area contributed by atoms with E-state index >= 15 is 0 Å². The number of halogens is 1. The molecule has 0 aliphatic heterocycles. The third kappa shape index (κ3) is 3.02. The van der Waals surface area contributed by atoms with E-state index in [4.69, 9.17) is 5.73 Å². The summed E-state index contributed by atoms with van der Waals surface area (Å²) in [6, 6.07) is 10.7. The van der Waals surface area contributed by atoms with E-state index in [0.717, 1.165) is 0 Å². The molecular weight excluding hydrogens is 237 g/mol. The Morgan fingerprint density at radius 1 is 1.05 bits per heavy atom. The van der Waals surface area contributed by atoms with Crippen molar-refractivity contribution in [1.82, 2.24) is 0 Å². The summed E-state index contributed by atoms with van der Waals surface area (Å²) in [5, 5.41) is 0. The maximum atomic E-state index is 13.7. The molecule has 2 heteroatoms. The molecule has 0 radical (unpaired) electrons. The van der Waals surface area contributed by atoms with E-state index in [1.807, 2.05) is 6.07 Å². The second-order valence-electron chi connectivity index (χ2n) is 5.21. The SMILES string of the molecule is Cc1cc(C)c(CC(N)c2ccccc2F)c(C)c1. The van der Waals surface area contributed by atoms with Crippen molar-refractivity contribution in [3.05, 3.63) is 70.0 Å². The summed E-state index contributed by atoms with van der Waals surface area (Å²) < 4.78 is 13.7. The molecule has 0 bridgehead atoms. The first-order chi connectivity index (χ1) is 8.99. The van der Waals surface area contributed by atoms with Gasteiger partial charge in [0.2, 0.25) is 0 Å². The van der Waals surface area contributed by atoms with Gasteiger partial charge in [0.25, 0.3) is 0 Å². The van der Waals surface area contributed by atoms with Crippen LogP contribution in [0.15, 0.2) is 36.4 Å². The lowest BCUT2D eigenvalue weighted by molar-refractivity contribution is 0.579. The molecule has 2 aromatic carbocycles. The van der Waals surface area contributed by atoms with Gasteiger partial charge < -0.3 is 5.73 Å². The first kappa shape index (κ1) is 13.8. The summed E-state index contributed by atoms with van der Waals surface area (Å²) in [4.78, 5) is 0. The molecule has 0 aromatic heterocycles. The van der Waals surface area contributed by atoms with Gasteiger partial charge in [0.05, 0.1) is 0 Å². The second-order valence-corrected chi connectivity index (χ2v) is 5.21. The van der Waals surface area contributed by atoms with Crippen molar-refractivity contribution < 1.29 is 4.39 Å².